The second-order valence-corrected chi connectivity index (χ2v) is 7.18. The summed E-state index contributed by atoms with van der Waals surface area (Å²) in [4.78, 5) is 28.9. The van der Waals surface area contributed by atoms with Gasteiger partial charge >= 0.3 is 0 Å². The lowest BCUT2D eigenvalue weighted by atomic mass is 10.1. The summed E-state index contributed by atoms with van der Waals surface area (Å²) in [6.45, 7) is 2.47. The van der Waals surface area contributed by atoms with Gasteiger partial charge in [-0.25, -0.2) is 9.07 Å². The van der Waals surface area contributed by atoms with Crippen molar-refractivity contribution in [2.45, 2.75) is 26.3 Å². The Morgan fingerprint density at radius 2 is 2.00 bits per heavy atom. The van der Waals surface area contributed by atoms with Gasteiger partial charge in [-0.3, -0.25) is 14.6 Å². The molecule has 0 fully saturated rings. The van der Waals surface area contributed by atoms with Crippen LogP contribution in [0.25, 0.3) is 10.8 Å². The quantitative estimate of drug-likeness (QED) is 0.454. The Hall–Kier alpha value is -4.07. The lowest BCUT2D eigenvalue weighted by Gasteiger charge is -2.13. The number of ether oxygens (including phenoxy) is 1. The number of unbranched alkanes of at least 4 members (excludes halogenated alkanes) is 1. The molecule has 0 atom stereocenters. The van der Waals surface area contributed by atoms with Gasteiger partial charge in [0.15, 0.2) is 0 Å². The highest BCUT2D eigenvalue weighted by Crippen LogP contribution is 2.34. The molecule has 0 aliphatic rings. The van der Waals surface area contributed by atoms with Crippen molar-refractivity contribution in [3.63, 3.8) is 0 Å². The van der Waals surface area contributed by atoms with Crippen molar-refractivity contribution in [3.8, 4) is 11.5 Å². The fourth-order valence-corrected chi connectivity index (χ4v) is 3.24. The minimum atomic E-state index is -0.445. The molecule has 32 heavy (non-hydrogen) atoms. The fraction of sp³-hybridized carbons (Fsp3) is 0.167. The summed E-state index contributed by atoms with van der Waals surface area (Å²) < 4.78 is 20.7. The molecular weight excluding hydrogens is 411 g/mol. The number of amides is 1. The highest BCUT2D eigenvalue weighted by molar-refractivity contribution is 6.09. The van der Waals surface area contributed by atoms with Crippen LogP contribution in [0.5, 0.6) is 11.5 Å². The normalized spacial score (nSPS) is 10.8. The van der Waals surface area contributed by atoms with Crippen LogP contribution in [0.15, 0.2) is 71.8 Å². The maximum atomic E-state index is 13.5. The Balaban J connectivity index is 1.63. The number of benzene rings is 2. The first-order chi connectivity index (χ1) is 15.5. The molecule has 0 bridgehead atoms. The number of hydrogen-bond acceptors (Lipinski definition) is 5. The standard InChI is InChI=1S/C24H21FN4O3/c1-2-3-13-29-23(30)10-8-21(28-29)24(31)27-20-7-9-22(18-11-12-26-15-19(18)20)32-17-6-4-5-16(25)14-17/h4-12,14-15H,2-3,13H2,1H3,(H,27,31). The zero-order valence-corrected chi connectivity index (χ0v) is 17.4. The SMILES string of the molecule is CCCCn1nc(C(=O)Nc2ccc(Oc3cccc(F)c3)c3ccncc23)ccc1=O. The van der Waals surface area contributed by atoms with Crippen LogP contribution in [0.3, 0.4) is 0 Å². The van der Waals surface area contributed by atoms with Gasteiger partial charge in [-0.05, 0) is 42.8 Å². The molecule has 2 aromatic heterocycles. The number of nitrogens with zero attached hydrogens (tertiary/aromatic N) is 3. The van der Waals surface area contributed by atoms with E-state index in [1.807, 2.05) is 6.92 Å². The monoisotopic (exact) mass is 432 g/mol. The molecule has 0 radical (unpaired) electrons. The number of fused-ring (bicyclic) bond motifs is 1. The first-order valence-corrected chi connectivity index (χ1v) is 10.2. The van der Waals surface area contributed by atoms with Crippen LogP contribution in [0.4, 0.5) is 10.1 Å². The molecule has 0 unspecified atom stereocenters. The van der Waals surface area contributed by atoms with E-state index < -0.39 is 11.7 Å². The molecule has 2 heterocycles. The number of anilines is 1. The Morgan fingerprint density at radius 1 is 1.12 bits per heavy atom. The lowest BCUT2D eigenvalue weighted by Crippen LogP contribution is -2.26. The Labute approximate surface area is 183 Å². The second-order valence-electron chi connectivity index (χ2n) is 7.18. The molecule has 0 aliphatic carbocycles. The predicted molar refractivity (Wildman–Crippen MR) is 120 cm³/mol. The van der Waals surface area contributed by atoms with Gasteiger partial charge in [-0.2, -0.15) is 5.10 Å². The summed E-state index contributed by atoms with van der Waals surface area (Å²) in [7, 11) is 0. The number of aryl methyl sites for hydroxylation is 1. The van der Waals surface area contributed by atoms with Crippen molar-refractivity contribution in [1.82, 2.24) is 14.8 Å². The van der Waals surface area contributed by atoms with E-state index >= 15 is 0 Å². The second kappa shape index (κ2) is 9.38. The van der Waals surface area contributed by atoms with E-state index in [0.29, 0.717) is 34.5 Å². The van der Waals surface area contributed by atoms with Crippen molar-refractivity contribution in [2.75, 3.05) is 5.32 Å². The summed E-state index contributed by atoms with van der Waals surface area (Å²) in [6, 6.07) is 13.7. The van der Waals surface area contributed by atoms with Gasteiger partial charge in [0.25, 0.3) is 11.5 Å². The molecule has 4 rings (SSSR count). The van der Waals surface area contributed by atoms with E-state index in [0.717, 1.165) is 12.8 Å². The van der Waals surface area contributed by atoms with Crippen molar-refractivity contribution in [1.29, 1.82) is 0 Å². The lowest BCUT2D eigenvalue weighted by molar-refractivity contribution is 0.102. The largest absolute Gasteiger partial charge is 0.457 e. The first kappa shape index (κ1) is 21.2. The number of halogens is 1. The van der Waals surface area contributed by atoms with Gasteiger partial charge < -0.3 is 10.1 Å². The molecule has 0 aliphatic heterocycles. The average molecular weight is 432 g/mol. The smallest absolute Gasteiger partial charge is 0.276 e. The third kappa shape index (κ3) is 4.64. The number of rotatable bonds is 7. The third-order valence-electron chi connectivity index (χ3n) is 4.87. The van der Waals surface area contributed by atoms with E-state index in [9.17, 15) is 14.0 Å². The van der Waals surface area contributed by atoms with Gasteiger partial charge in [0.1, 0.15) is 23.0 Å². The molecule has 0 spiro atoms. The molecule has 162 valence electrons. The molecule has 0 saturated heterocycles. The van der Waals surface area contributed by atoms with Crippen LogP contribution in [-0.2, 0) is 6.54 Å². The van der Waals surface area contributed by atoms with Crippen LogP contribution >= 0.6 is 0 Å². The summed E-state index contributed by atoms with van der Waals surface area (Å²) in [5, 5.41) is 8.36. The topological polar surface area (TPSA) is 86.1 Å². The molecule has 4 aromatic rings. The maximum absolute atomic E-state index is 13.5. The van der Waals surface area contributed by atoms with E-state index in [-0.39, 0.29) is 11.3 Å². The van der Waals surface area contributed by atoms with Crippen molar-refractivity contribution in [2.24, 2.45) is 0 Å². The molecular formula is C24H21FN4O3. The fourth-order valence-electron chi connectivity index (χ4n) is 3.24. The summed E-state index contributed by atoms with van der Waals surface area (Å²) >= 11 is 0. The van der Waals surface area contributed by atoms with Crippen molar-refractivity contribution >= 4 is 22.4 Å². The Morgan fingerprint density at radius 3 is 2.81 bits per heavy atom. The minimum Gasteiger partial charge on any atom is -0.457 e. The first-order valence-electron chi connectivity index (χ1n) is 10.2. The van der Waals surface area contributed by atoms with Gasteiger partial charge in [-0.1, -0.05) is 19.4 Å². The molecule has 2 aromatic carbocycles. The van der Waals surface area contributed by atoms with E-state index in [2.05, 4.69) is 15.4 Å². The number of pyridine rings is 1. The predicted octanol–water partition coefficient (Wildman–Crippen LogP) is 4.78. The van der Waals surface area contributed by atoms with E-state index in [1.54, 1.807) is 42.7 Å². The molecule has 1 N–H and O–H groups in total. The minimum absolute atomic E-state index is 0.137. The summed E-state index contributed by atoms with van der Waals surface area (Å²) in [5.41, 5.74) is 0.402. The van der Waals surface area contributed by atoms with Crippen LogP contribution in [-0.4, -0.2) is 20.7 Å². The van der Waals surface area contributed by atoms with E-state index in [1.165, 1.54) is 28.9 Å². The number of hydrogen-bond donors (Lipinski definition) is 1. The van der Waals surface area contributed by atoms with Crippen LogP contribution < -0.4 is 15.6 Å². The number of aromatic nitrogens is 3. The van der Waals surface area contributed by atoms with Gasteiger partial charge in [0.2, 0.25) is 0 Å². The molecule has 1 amide bonds. The zero-order chi connectivity index (χ0) is 22.5. The molecule has 0 saturated carbocycles. The molecule has 7 nitrogen and oxygen atoms in total. The third-order valence-corrected chi connectivity index (χ3v) is 4.87. The van der Waals surface area contributed by atoms with Gasteiger partial charge in [0.05, 0.1) is 5.69 Å². The highest BCUT2D eigenvalue weighted by Gasteiger charge is 2.14. The van der Waals surface area contributed by atoms with Crippen LogP contribution in [0.2, 0.25) is 0 Å². The number of carbonyl (C=O) groups is 1. The number of carbonyl (C=O) groups excluding carboxylic acids is 1. The van der Waals surface area contributed by atoms with Crippen LogP contribution in [0, 0.1) is 5.82 Å². The van der Waals surface area contributed by atoms with Gasteiger partial charge in [0, 0.05) is 41.8 Å². The van der Waals surface area contributed by atoms with Gasteiger partial charge in [-0.15, -0.1) is 0 Å². The summed E-state index contributed by atoms with van der Waals surface area (Å²) in [5.74, 6) is 0.0139. The Bertz CT molecular complexity index is 1340. The van der Waals surface area contributed by atoms with Crippen molar-refractivity contribution in [3.05, 3.63) is 88.9 Å². The molecule has 8 heteroatoms. The highest BCUT2D eigenvalue weighted by atomic mass is 19.1. The average Bonchev–Trinajstić information content (AvgIpc) is 2.80. The van der Waals surface area contributed by atoms with Crippen LogP contribution in [0.1, 0.15) is 30.3 Å². The Kier molecular flexibility index (Phi) is 6.21. The summed E-state index contributed by atoms with van der Waals surface area (Å²) in [6.07, 6.45) is 4.92. The number of nitrogens with one attached hydrogen (secondary N) is 1. The zero-order valence-electron chi connectivity index (χ0n) is 17.4. The van der Waals surface area contributed by atoms with E-state index in [4.69, 9.17) is 4.74 Å². The van der Waals surface area contributed by atoms with Crippen molar-refractivity contribution < 1.29 is 13.9 Å². The maximum Gasteiger partial charge on any atom is 0.276 e.